The second kappa shape index (κ2) is 9.59. The number of nitrogens with one attached hydrogen (secondary N) is 3. The smallest absolute Gasteiger partial charge is 0.247 e. The average Bonchev–Trinajstić information content (AvgIpc) is 2.63. The summed E-state index contributed by atoms with van der Waals surface area (Å²) >= 11 is 0. The maximum atomic E-state index is 12.7. The molecule has 5 nitrogen and oxygen atoms in total. The molecule has 0 aromatic heterocycles. The zero-order valence-corrected chi connectivity index (χ0v) is 14.7. The van der Waals surface area contributed by atoms with E-state index in [-0.39, 0.29) is 17.7 Å². The molecule has 0 radical (unpaired) electrons. The Labute approximate surface area is 148 Å². The van der Waals surface area contributed by atoms with Crippen molar-refractivity contribution < 1.29 is 9.59 Å². The van der Waals surface area contributed by atoms with Crippen molar-refractivity contribution in [3.63, 3.8) is 0 Å². The molecule has 0 aliphatic heterocycles. The SMILES string of the molecule is CNCC(C)C(=O)NC(Cc1ccccc1)C(=O)Nc1ccccc1. The molecule has 0 aliphatic carbocycles. The maximum Gasteiger partial charge on any atom is 0.247 e. The number of hydrogen-bond acceptors (Lipinski definition) is 3. The topological polar surface area (TPSA) is 70.2 Å². The molecule has 0 aliphatic rings. The number of anilines is 1. The number of carbonyl (C=O) groups is 2. The molecule has 0 spiro atoms. The van der Waals surface area contributed by atoms with Gasteiger partial charge in [-0.3, -0.25) is 9.59 Å². The van der Waals surface area contributed by atoms with Crippen molar-refractivity contribution in [1.29, 1.82) is 0 Å². The second-order valence-electron chi connectivity index (χ2n) is 6.06. The van der Waals surface area contributed by atoms with Crippen LogP contribution in [0.3, 0.4) is 0 Å². The molecule has 2 atom stereocenters. The van der Waals surface area contributed by atoms with E-state index >= 15 is 0 Å². The van der Waals surface area contributed by atoms with Gasteiger partial charge in [0.05, 0.1) is 0 Å². The van der Waals surface area contributed by atoms with E-state index < -0.39 is 6.04 Å². The third-order valence-corrected chi connectivity index (χ3v) is 3.91. The predicted octanol–water partition coefficient (Wildman–Crippen LogP) is 2.21. The maximum absolute atomic E-state index is 12.7. The van der Waals surface area contributed by atoms with E-state index in [1.54, 1.807) is 7.05 Å². The van der Waals surface area contributed by atoms with Crippen LogP contribution in [0.5, 0.6) is 0 Å². The first-order valence-electron chi connectivity index (χ1n) is 8.45. The van der Waals surface area contributed by atoms with Crippen LogP contribution in [0.4, 0.5) is 5.69 Å². The Morgan fingerprint density at radius 2 is 1.52 bits per heavy atom. The van der Waals surface area contributed by atoms with Gasteiger partial charge < -0.3 is 16.0 Å². The molecule has 2 rings (SSSR count). The summed E-state index contributed by atoms with van der Waals surface area (Å²) < 4.78 is 0. The minimum atomic E-state index is -0.630. The van der Waals surface area contributed by atoms with Crippen LogP contribution in [0, 0.1) is 5.92 Å². The number of rotatable bonds is 8. The lowest BCUT2D eigenvalue weighted by molar-refractivity contribution is -0.128. The number of benzene rings is 2. The van der Waals surface area contributed by atoms with Crippen molar-refractivity contribution in [2.45, 2.75) is 19.4 Å². The van der Waals surface area contributed by atoms with E-state index in [2.05, 4.69) is 16.0 Å². The summed E-state index contributed by atoms with van der Waals surface area (Å²) in [5.74, 6) is -0.577. The van der Waals surface area contributed by atoms with Gasteiger partial charge in [-0.2, -0.15) is 0 Å². The summed E-state index contributed by atoms with van der Waals surface area (Å²) in [5, 5.41) is 8.73. The Bertz CT molecular complexity index is 674. The molecular formula is C20H25N3O2. The number of amides is 2. The highest BCUT2D eigenvalue weighted by Crippen LogP contribution is 2.09. The van der Waals surface area contributed by atoms with Crippen molar-refractivity contribution >= 4 is 17.5 Å². The average molecular weight is 339 g/mol. The van der Waals surface area contributed by atoms with Crippen LogP contribution >= 0.6 is 0 Å². The Hall–Kier alpha value is -2.66. The summed E-state index contributed by atoms with van der Waals surface area (Å²) in [6.45, 7) is 2.39. The Morgan fingerprint density at radius 1 is 0.920 bits per heavy atom. The van der Waals surface area contributed by atoms with Crippen molar-refractivity contribution in [1.82, 2.24) is 10.6 Å². The van der Waals surface area contributed by atoms with Crippen LogP contribution in [-0.4, -0.2) is 31.4 Å². The van der Waals surface area contributed by atoms with Gasteiger partial charge in [0, 0.05) is 24.6 Å². The monoisotopic (exact) mass is 339 g/mol. The third kappa shape index (κ3) is 6.04. The van der Waals surface area contributed by atoms with E-state index in [0.717, 1.165) is 5.56 Å². The Balaban J connectivity index is 2.10. The molecule has 25 heavy (non-hydrogen) atoms. The molecule has 2 aromatic rings. The zero-order chi connectivity index (χ0) is 18.1. The minimum Gasteiger partial charge on any atom is -0.344 e. The fourth-order valence-corrected chi connectivity index (χ4v) is 2.52. The normalized spacial score (nSPS) is 12.9. The van der Waals surface area contributed by atoms with Crippen LogP contribution in [-0.2, 0) is 16.0 Å². The quantitative estimate of drug-likeness (QED) is 0.691. The molecule has 0 saturated heterocycles. The Morgan fingerprint density at radius 3 is 2.12 bits per heavy atom. The lowest BCUT2D eigenvalue weighted by atomic mass is 10.0. The van der Waals surface area contributed by atoms with Crippen molar-refractivity contribution in [3.05, 3.63) is 66.2 Å². The summed E-state index contributed by atoms with van der Waals surface area (Å²) in [7, 11) is 1.80. The van der Waals surface area contributed by atoms with E-state index in [1.807, 2.05) is 67.6 Å². The number of carbonyl (C=O) groups excluding carboxylic acids is 2. The van der Waals surface area contributed by atoms with Crippen LogP contribution in [0.2, 0.25) is 0 Å². The highest BCUT2D eigenvalue weighted by Gasteiger charge is 2.23. The molecule has 2 amide bonds. The molecule has 0 bridgehead atoms. The lowest BCUT2D eigenvalue weighted by Gasteiger charge is -2.21. The van der Waals surface area contributed by atoms with E-state index in [1.165, 1.54) is 0 Å². The summed E-state index contributed by atoms with van der Waals surface area (Å²) in [4.78, 5) is 25.1. The molecule has 0 fully saturated rings. The van der Waals surface area contributed by atoms with Crippen molar-refractivity contribution in [3.8, 4) is 0 Å². The molecular weight excluding hydrogens is 314 g/mol. The van der Waals surface area contributed by atoms with Gasteiger partial charge in [0.15, 0.2) is 0 Å². The molecule has 2 aromatic carbocycles. The molecule has 3 N–H and O–H groups in total. The molecule has 0 heterocycles. The third-order valence-electron chi connectivity index (χ3n) is 3.91. The molecule has 2 unspecified atom stereocenters. The van der Waals surface area contributed by atoms with Crippen LogP contribution < -0.4 is 16.0 Å². The van der Waals surface area contributed by atoms with Crippen LogP contribution in [0.1, 0.15) is 12.5 Å². The van der Waals surface area contributed by atoms with Gasteiger partial charge in [-0.15, -0.1) is 0 Å². The summed E-state index contributed by atoms with van der Waals surface area (Å²) in [6.07, 6.45) is 0.442. The van der Waals surface area contributed by atoms with E-state index in [4.69, 9.17) is 0 Å². The standard InChI is InChI=1S/C20H25N3O2/c1-15(14-21-2)19(24)23-18(13-16-9-5-3-6-10-16)20(25)22-17-11-7-4-8-12-17/h3-12,15,18,21H,13-14H2,1-2H3,(H,22,25)(H,23,24). The summed E-state index contributed by atoms with van der Waals surface area (Å²) in [5.41, 5.74) is 1.71. The minimum absolute atomic E-state index is 0.140. The van der Waals surface area contributed by atoms with Crippen molar-refractivity contribution in [2.24, 2.45) is 5.92 Å². The Kier molecular flexibility index (Phi) is 7.16. The largest absolute Gasteiger partial charge is 0.344 e. The highest BCUT2D eigenvalue weighted by atomic mass is 16.2. The molecule has 5 heteroatoms. The fraction of sp³-hybridized carbons (Fsp3) is 0.300. The first-order chi connectivity index (χ1) is 12.1. The second-order valence-corrected chi connectivity index (χ2v) is 6.06. The van der Waals surface area contributed by atoms with Gasteiger partial charge >= 0.3 is 0 Å². The van der Waals surface area contributed by atoms with Crippen LogP contribution in [0.25, 0.3) is 0 Å². The molecule has 0 saturated carbocycles. The number of para-hydroxylation sites is 1. The predicted molar refractivity (Wildman–Crippen MR) is 100 cm³/mol. The van der Waals surface area contributed by atoms with Crippen LogP contribution in [0.15, 0.2) is 60.7 Å². The van der Waals surface area contributed by atoms with Gasteiger partial charge in [-0.1, -0.05) is 55.5 Å². The van der Waals surface area contributed by atoms with Gasteiger partial charge in [-0.25, -0.2) is 0 Å². The van der Waals surface area contributed by atoms with Gasteiger partial charge in [0.2, 0.25) is 11.8 Å². The first kappa shape index (κ1) is 18.7. The van der Waals surface area contributed by atoms with Crippen molar-refractivity contribution in [2.75, 3.05) is 18.9 Å². The van der Waals surface area contributed by atoms with E-state index in [0.29, 0.717) is 18.7 Å². The molecule has 132 valence electrons. The van der Waals surface area contributed by atoms with Gasteiger partial charge in [-0.05, 0) is 24.7 Å². The zero-order valence-electron chi connectivity index (χ0n) is 14.7. The lowest BCUT2D eigenvalue weighted by Crippen LogP contribution is -2.48. The van der Waals surface area contributed by atoms with Gasteiger partial charge in [0.25, 0.3) is 0 Å². The fourth-order valence-electron chi connectivity index (χ4n) is 2.52. The van der Waals surface area contributed by atoms with Gasteiger partial charge in [0.1, 0.15) is 6.04 Å². The first-order valence-corrected chi connectivity index (χ1v) is 8.45. The summed E-state index contributed by atoms with van der Waals surface area (Å²) in [6, 6.07) is 18.3. The van der Waals surface area contributed by atoms with E-state index in [9.17, 15) is 9.59 Å². The highest BCUT2D eigenvalue weighted by molar-refractivity contribution is 5.97. The number of hydrogen-bond donors (Lipinski definition) is 3.